The van der Waals surface area contributed by atoms with Gasteiger partial charge in [-0.25, -0.2) is 4.79 Å². The standard InChI is InChI=1S/C14H17NO2/c1-4-12(3)15(5-2)14(16)17-11-13-9-7-6-8-10-13/h1,6-10,12H,5,11H2,2-3H3. The van der Waals surface area contributed by atoms with Gasteiger partial charge in [-0.15, -0.1) is 6.42 Å². The molecule has 90 valence electrons. The summed E-state index contributed by atoms with van der Waals surface area (Å²) < 4.78 is 5.20. The van der Waals surface area contributed by atoms with E-state index in [-0.39, 0.29) is 18.7 Å². The fourth-order valence-corrected chi connectivity index (χ4v) is 1.45. The summed E-state index contributed by atoms with van der Waals surface area (Å²) in [6.45, 7) is 4.48. The molecule has 0 bridgehead atoms. The molecule has 1 aromatic rings. The zero-order valence-electron chi connectivity index (χ0n) is 10.2. The van der Waals surface area contributed by atoms with E-state index < -0.39 is 0 Å². The van der Waals surface area contributed by atoms with Crippen LogP contribution in [0.3, 0.4) is 0 Å². The lowest BCUT2D eigenvalue weighted by Gasteiger charge is -2.23. The highest BCUT2D eigenvalue weighted by atomic mass is 16.6. The molecule has 1 atom stereocenters. The molecule has 0 aliphatic heterocycles. The molecule has 0 spiro atoms. The quantitative estimate of drug-likeness (QED) is 0.746. The second kappa shape index (κ2) is 6.59. The Morgan fingerprint density at radius 2 is 2.12 bits per heavy atom. The number of nitrogens with zero attached hydrogens (tertiary/aromatic N) is 1. The number of hydrogen-bond donors (Lipinski definition) is 0. The first-order chi connectivity index (χ1) is 8.19. The van der Waals surface area contributed by atoms with E-state index in [0.29, 0.717) is 6.54 Å². The lowest BCUT2D eigenvalue weighted by Crippen LogP contribution is -2.37. The van der Waals surface area contributed by atoms with E-state index in [2.05, 4.69) is 5.92 Å². The maximum Gasteiger partial charge on any atom is 0.411 e. The summed E-state index contributed by atoms with van der Waals surface area (Å²) >= 11 is 0. The molecule has 3 heteroatoms. The lowest BCUT2D eigenvalue weighted by molar-refractivity contribution is 0.0929. The Hall–Kier alpha value is -1.95. The van der Waals surface area contributed by atoms with Crippen molar-refractivity contribution in [3.63, 3.8) is 0 Å². The summed E-state index contributed by atoms with van der Waals surface area (Å²) in [5.41, 5.74) is 0.963. The maximum atomic E-state index is 11.8. The molecule has 3 nitrogen and oxygen atoms in total. The first kappa shape index (κ1) is 13.1. The highest BCUT2D eigenvalue weighted by Gasteiger charge is 2.17. The zero-order valence-corrected chi connectivity index (χ0v) is 10.2. The third-order valence-electron chi connectivity index (χ3n) is 2.49. The first-order valence-corrected chi connectivity index (χ1v) is 5.62. The molecule has 0 N–H and O–H groups in total. The van der Waals surface area contributed by atoms with Gasteiger partial charge in [-0.1, -0.05) is 36.3 Å². The number of rotatable bonds is 4. The van der Waals surface area contributed by atoms with E-state index in [1.54, 1.807) is 6.92 Å². The summed E-state index contributed by atoms with van der Waals surface area (Å²) in [6, 6.07) is 9.31. The Labute approximate surface area is 102 Å². The van der Waals surface area contributed by atoms with E-state index in [0.717, 1.165) is 5.56 Å². The summed E-state index contributed by atoms with van der Waals surface area (Å²) in [4.78, 5) is 13.3. The van der Waals surface area contributed by atoms with Crippen LogP contribution in [0.2, 0.25) is 0 Å². The van der Waals surface area contributed by atoms with Crippen molar-refractivity contribution in [3.05, 3.63) is 35.9 Å². The Morgan fingerprint density at radius 3 is 2.65 bits per heavy atom. The van der Waals surface area contributed by atoms with Gasteiger partial charge in [-0.3, -0.25) is 4.90 Å². The second-order valence-corrected chi connectivity index (χ2v) is 3.67. The van der Waals surface area contributed by atoms with Gasteiger partial charge in [-0.2, -0.15) is 0 Å². The number of amides is 1. The van der Waals surface area contributed by atoms with Gasteiger partial charge in [0.05, 0.1) is 6.04 Å². The van der Waals surface area contributed by atoms with Gasteiger partial charge < -0.3 is 4.74 Å². The van der Waals surface area contributed by atoms with Crippen LogP contribution in [0.1, 0.15) is 19.4 Å². The largest absolute Gasteiger partial charge is 0.445 e. The molecule has 1 rings (SSSR count). The molecule has 17 heavy (non-hydrogen) atoms. The predicted molar refractivity (Wildman–Crippen MR) is 67.3 cm³/mol. The van der Waals surface area contributed by atoms with Crippen LogP contribution >= 0.6 is 0 Å². The van der Waals surface area contributed by atoms with Crippen molar-refractivity contribution in [2.75, 3.05) is 6.54 Å². The molecule has 0 radical (unpaired) electrons. The molecule has 0 aliphatic rings. The molecule has 0 aromatic heterocycles. The molecule has 1 amide bonds. The van der Waals surface area contributed by atoms with Crippen molar-refractivity contribution in [2.24, 2.45) is 0 Å². The molecular weight excluding hydrogens is 214 g/mol. The molecule has 0 heterocycles. The van der Waals surface area contributed by atoms with E-state index in [1.165, 1.54) is 4.90 Å². The molecule has 0 saturated heterocycles. The Bertz CT molecular complexity index is 394. The third kappa shape index (κ3) is 3.84. The average molecular weight is 231 g/mol. The first-order valence-electron chi connectivity index (χ1n) is 5.62. The van der Waals surface area contributed by atoms with Gasteiger partial charge in [0, 0.05) is 6.54 Å². The monoisotopic (exact) mass is 231 g/mol. The van der Waals surface area contributed by atoms with Gasteiger partial charge in [0.25, 0.3) is 0 Å². The molecule has 0 saturated carbocycles. The Kier molecular flexibility index (Phi) is 5.09. The van der Waals surface area contributed by atoms with E-state index in [4.69, 9.17) is 11.2 Å². The van der Waals surface area contributed by atoms with Crippen LogP contribution in [-0.4, -0.2) is 23.6 Å². The maximum absolute atomic E-state index is 11.8. The summed E-state index contributed by atoms with van der Waals surface area (Å²) in [5, 5.41) is 0. The van der Waals surface area contributed by atoms with Gasteiger partial charge in [0.15, 0.2) is 0 Å². The zero-order chi connectivity index (χ0) is 12.7. The fourth-order valence-electron chi connectivity index (χ4n) is 1.45. The molecule has 1 aromatic carbocycles. The van der Waals surface area contributed by atoms with Crippen molar-refractivity contribution in [1.29, 1.82) is 0 Å². The summed E-state index contributed by atoms with van der Waals surface area (Å²) in [6.07, 6.45) is 4.92. The van der Waals surface area contributed by atoms with Crippen LogP contribution in [0.15, 0.2) is 30.3 Å². The highest BCUT2D eigenvalue weighted by molar-refractivity contribution is 5.68. The van der Waals surface area contributed by atoms with Crippen LogP contribution in [0.25, 0.3) is 0 Å². The number of terminal acetylenes is 1. The smallest absolute Gasteiger partial charge is 0.411 e. The van der Waals surface area contributed by atoms with Gasteiger partial charge >= 0.3 is 6.09 Å². The number of carbonyl (C=O) groups excluding carboxylic acids is 1. The minimum absolute atomic E-state index is 0.247. The van der Waals surface area contributed by atoms with Crippen molar-refractivity contribution < 1.29 is 9.53 Å². The van der Waals surface area contributed by atoms with Crippen LogP contribution in [0.4, 0.5) is 4.79 Å². The highest BCUT2D eigenvalue weighted by Crippen LogP contribution is 2.05. The second-order valence-electron chi connectivity index (χ2n) is 3.67. The number of carbonyl (C=O) groups is 1. The van der Waals surface area contributed by atoms with Crippen molar-refractivity contribution in [1.82, 2.24) is 4.90 Å². The molecular formula is C14H17NO2. The molecule has 0 aliphatic carbocycles. The van der Waals surface area contributed by atoms with Crippen LogP contribution in [0.5, 0.6) is 0 Å². The van der Waals surface area contributed by atoms with Crippen molar-refractivity contribution in [2.45, 2.75) is 26.5 Å². The summed E-state index contributed by atoms with van der Waals surface area (Å²) in [5.74, 6) is 2.52. The fraction of sp³-hybridized carbons (Fsp3) is 0.357. The minimum Gasteiger partial charge on any atom is -0.445 e. The average Bonchev–Trinajstić information content (AvgIpc) is 2.38. The predicted octanol–water partition coefficient (Wildman–Crippen LogP) is 2.67. The summed E-state index contributed by atoms with van der Waals surface area (Å²) in [7, 11) is 0. The Morgan fingerprint density at radius 1 is 1.47 bits per heavy atom. The Balaban J connectivity index is 2.52. The van der Waals surface area contributed by atoms with Gasteiger partial charge in [0.2, 0.25) is 0 Å². The number of ether oxygens (including phenoxy) is 1. The minimum atomic E-state index is -0.373. The van der Waals surface area contributed by atoms with Crippen LogP contribution in [-0.2, 0) is 11.3 Å². The van der Waals surface area contributed by atoms with Gasteiger partial charge in [-0.05, 0) is 19.4 Å². The van der Waals surface area contributed by atoms with Crippen LogP contribution < -0.4 is 0 Å². The number of hydrogen-bond acceptors (Lipinski definition) is 2. The molecule has 0 fully saturated rings. The van der Waals surface area contributed by atoms with Crippen molar-refractivity contribution in [3.8, 4) is 12.3 Å². The topological polar surface area (TPSA) is 29.5 Å². The SMILES string of the molecule is C#CC(C)N(CC)C(=O)OCc1ccccc1. The molecule has 1 unspecified atom stereocenters. The van der Waals surface area contributed by atoms with E-state index in [1.807, 2.05) is 37.3 Å². The van der Waals surface area contributed by atoms with E-state index in [9.17, 15) is 4.79 Å². The van der Waals surface area contributed by atoms with Crippen molar-refractivity contribution >= 4 is 6.09 Å². The normalized spacial score (nSPS) is 11.4. The third-order valence-corrected chi connectivity index (χ3v) is 2.49. The van der Waals surface area contributed by atoms with E-state index >= 15 is 0 Å². The lowest BCUT2D eigenvalue weighted by atomic mass is 10.2. The van der Waals surface area contributed by atoms with Gasteiger partial charge in [0.1, 0.15) is 6.61 Å². The number of benzene rings is 1. The van der Waals surface area contributed by atoms with Crippen LogP contribution in [0, 0.1) is 12.3 Å².